The lowest BCUT2D eigenvalue weighted by molar-refractivity contribution is -0.175. The molecular formula is C25H44F3NO4S. The number of methoxy groups -OCH3 is 1. The number of amides is 1. The van der Waals surface area contributed by atoms with E-state index in [0.717, 1.165) is 44.6 Å². The monoisotopic (exact) mass is 511 g/mol. The highest BCUT2D eigenvalue weighted by molar-refractivity contribution is 8.00. The van der Waals surface area contributed by atoms with Gasteiger partial charge in [0.15, 0.2) is 0 Å². The fourth-order valence-electron chi connectivity index (χ4n) is 3.49. The Hall–Kier alpha value is -1.22. The summed E-state index contributed by atoms with van der Waals surface area (Å²) in [6.07, 6.45) is 12.7. The highest BCUT2D eigenvalue weighted by Gasteiger charge is 2.41. The summed E-state index contributed by atoms with van der Waals surface area (Å²) in [5, 5.41) is 11.7. The third kappa shape index (κ3) is 16.4. The lowest BCUT2D eigenvalue weighted by Gasteiger charge is -2.22. The highest BCUT2D eigenvalue weighted by Crippen LogP contribution is 2.23. The van der Waals surface area contributed by atoms with Crippen LogP contribution in [0.5, 0.6) is 0 Å². The van der Waals surface area contributed by atoms with E-state index in [1.165, 1.54) is 51.4 Å². The summed E-state index contributed by atoms with van der Waals surface area (Å²) >= 11 is 1.14. The Morgan fingerprint density at radius 1 is 0.971 bits per heavy atom. The summed E-state index contributed by atoms with van der Waals surface area (Å²) in [4.78, 5) is 23.1. The molecule has 0 aliphatic carbocycles. The van der Waals surface area contributed by atoms with Gasteiger partial charge in [-0.15, -0.1) is 11.8 Å². The molecule has 0 heterocycles. The van der Waals surface area contributed by atoms with Gasteiger partial charge in [-0.2, -0.15) is 13.2 Å². The number of alkyl halides is 3. The molecule has 0 aliphatic heterocycles. The number of hydrogen-bond acceptors (Lipinski definition) is 5. The van der Waals surface area contributed by atoms with Crippen LogP contribution in [0.15, 0.2) is 12.2 Å². The van der Waals surface area contributed by atoms with Gasteiger partial charge in [-0.25, -0.2) is 4.79 Å². The molecule has 0 saturated heterocycles. The fourth-order valence-corrected chi connectivity index (χ4v) is 4.71. The van der Waals surface area contributed by atoms with Crippen LogP contribution in [0.1, 0.15) is 97.3 Å². The molecule has 0 radical (unpaired) electrons. The Bertz CT molecular complexity index is 573. The zero-order valence-electron chi connectivity index (χ0n) is 21.0. The molecule has 3 atom stereocenters. The number of nitrogens with one attached hydrogen (secondary N) is 1. The maximum Gasteiger partial charge on any atom is 0.471 e. The number of thioether (sulfide) groups is 1. The average molecular weight is 512 g/mol. The van der Waals surface area contributed by atoms with Crippen LogP contribution in [0.25, 0.3) is 0 Å². The third-order valence-electron chi connectivity index (χ3n) is 5.52. The van der Waals surface area contributed by atoms with Gasteiger partial charge < -0.3 is 15.2 Å². The van der Waals surface area contributed by atoms with Crippen LogP contribution in [-0.4, -0.2) is 53.4 Å². The number of rotatable bonds is 20. The van der Waals surface area contributed by atoms with E-state index in [0.29, 0.717) is 6.42 Å². The largest absolute Gasteiger partial charge is 0.471 e. The first kappa shape index (κ1) is 32.8. The van der Waals surface area contributed by atoms with Crippen molar-refractivity contribution in [3.8, 4) is 0 Å². The van der Waals surface area contributed by atoms with Crippen LogP contribution in [-0.2, 0) is 14.3 Å². The molecule has 200 valence electrons. The quantitative estimate of drug-likeness (QED) is 0.113. The summed E-state index contributed by atoms with van der Waals surface area (Å²) < 4.78 is 42.3. The van der Waals surface area contributed by atoms with Gasteiger partial charge in [0.2, 0.25) is 0 Å². The molecule has 0 saturated carbocycles. The molecule has 2 N–H and O–H groups in total. The number of aliphatic hydroxyl groups excluding tert-OH is 1. The molecule has 9 heteroatoms. The standard InChI is InChI=1S/C25H44F3NO4S/c1-4-6-7-8-9-10-11-12-13-14-15-16-18-22(21(30)17-5-2)34-19-20(23(31)33-3)29-24(32)25(26,27)28/h16,18,20-22,30H,4-15,17,19H2,1-3H3,(H,29,32). The van der Waals surface area contributed by atoms with Crippen molar-refractivity contribution in [3.05, 3.63) is 12.2 Å². The first-order valence-electron chi connectivity index (χ1n) is 12.6. The molecule has 0 aliphatic rings. The highest BCUT2D eigenvalue weighted by atomic mass is 32.2. The van der Waals surface area contributed by atoms with Crippen LogP contribution >= 0.6 is 11.8 Å². The number of aliphatic hydroxyl groups is 1. The van der Waals surface area contributed by atoms with Crippen molar-refractivity contribution >= 4 is 23.6 Å². The van der Waals surface area contributed by atoms with Gasteiger partial charge in [0, 0.05) is 11.0 Å². The molecule has 0 spiro atoms. The SMILES string of the molecule is CCCCCCCCCCCCC=CC(SCC(NC(=O)C(F)(F)F)C(=O)OC)C(O)CCC. The average Bonchev–Trinajstić information content (AvgIpc) is 2.79. The van der Waals surface area contributed by atoms with E-state index < -0.39 is 35.4 Å². The van der Waals surface area contributed by atoms with Crippen LogP contribution in [0.4, 0.5) is 13.2 Å². The molecule has 0 aromatic heterocycles. The van der Waals surface area contributed by atoms with Crippen LogP contribution in [0.3, 0.4) is 0 Å². The molecule has 5 nitrogen and oxygen atoms in total. The smallest absolute Gasteiger partial charge is 0.467 e. The molecule has 0 fully saturated rings. The minimum Gasteiger partial charge on any atom is -0.467 e. The molecule has 1 amide bonds. The van der Waals surface area contributed by atoms with E-state index in [9.17, 15) is 27.9 Å². The van der Waals surface area contributed by atoms with Crippen molar-refractivity contribution in [2.75, 3.05) is 12.9 Å². The second-order valence-electron chi connectivity index (χ2n) is 8.60. The predicted molar refractivity (Wildman–Crippen MR) is 133 cm³/mol. The van der Waals surface area contributed by atoms with E-state index in [4.69, 9.17) is 0 Å². The van der Waals surface area contributed by atoms with Crippen molar-refractivity contribution in [1.82, 2.24) is 5.32 Å². The number of esters is 1. The van der Waals surface area contributed by atoms with Gasteiger partial charge in [0.25, 0.3) is 0 Å². The fraction of sp³-hybridized carbons (Fsp3) is 0.840. The lowest BCUT2D eigenvalue weighted by Crippen LogP contribution is -2.49. The maximum atomic E-state index is 12.6. The topological polar surface area (TPSA) is 75.6 Å². The second-order valence-corrected chi connectivity index (χ2v) is 9.81. The first-order valence-corrected chi connectivity index (χ1v) is 13.6. The Balaban J connectivity index is 4.54. The third-order valence-corrected chi connectivity index (χ3v) is 6.90. The van der Waals surface area contributed by atoms with E-state index in [1.807, 2.05) is 19.1 Å². The maximum absolute atomic E-state index is 12.6. The second kappa shape index (κ2) is 20.0. The Labute approximate surface area is 207 Å². The summed E-state index contributed by atoms with van der Waals surface area (Å²) in [7, 11) is 1.05. The van der Waals surface area contributed by atoms with Crippen molar-refractivity contribution < 1.29 is 32.6 Å². The zero-order valence-corrected chi connectivity index (χ0v) is 21.8. The molecule has 3 unspecified atom stereocenters. The normalized spacial score (nSPS) is 14.7. The number of hydrogen-bond donors (Lipinski definition) is 2. The molecule has 0 rings (SSSR count). The molecule has 0 aromatic carbocycles. The summed E-state index contributed by atoms with van der Waals surface area (Å²) in [5.74, 6) is -3.28. The van der Waals surface area contributed by atoms with Crippen molar-refractivity contribution in [1.29, 1.82) is 0 Å². The van der Waals surface area contributed by atoms with Crippen molar-refractivity contribution in [3.63, 3.8) is 0 Å². The number of carbonyl (C=O) groups excluding carboxylic acids is 2. The van der Waals surface area contributed by atoms with Gasteiger partial charge in [0.1, 0.15) is 6.04 Å². The van der Waals surface area contributed by atoms with E-state index >= 15 is 0 Å². The molecule has 34 heavy (non-hydrogen) atoms. The van der Waals surface area contributed by atoms with Crippen molar-refractivity contribution in [2.24, 2.45) is 0 Å². The van der Waals surface area contributed by atoms with Gasteiger partial charge in [-0.1, -0.05) is 90.2 Å². The number of unbranched alkanes of at least 4 members (excludes halogenated alkanes) is 10. The van der Waals surface area contributed by atoms with E-state index in [1.54, 1.807) is 5.32 Å². The number of carbonyl (C=O) groups is 2. The molecular weight excluding hydrogens is 467 g/mol. The van der Waals surface area contributed by atoms with Gasteiger partial charge in [0.05, 0.1) is 13.2 Å². The van der Waals surface area contributed by atoms with Gasteiger partial charge in [-0.05, 0) is 19.3 Å². The van der Waals surface area contributed by atoms with Crippen LogP contribution in [0, 0.1) is 0 Å². The first-order chi connectivity index (χ1) is 16.2. The summed E-state index contributed by atoms with van der Waals surface area (Å²) in [6.45, 7) is 4.15. The van der Waals surface area contributed by atoms with E-state index in [-0.39, 0.29) is 5.75 Å². The molecule has 0 aromatic rings. The number of allylic oxidation sites excluding steroid dienone is 1. The van der Waals surface area contributed by atoms with Crippen LogP contribution < -0.4 is 5.32 Å². The van der Waals surface area contributed by atoms with Crippen LogP contribution in [0.2, 0.25) is 0 Å². The van der Waals surface area contributed by atoms with Crippen molar-refractivity contribution in [2.45, 2.75) is 121 Å². The van der Waals surface area contributed by atoms with Gasteiger partial charge in [-0.3, -0.25) is 4.79 Å². The zero-order chi connectivity index (χ0) is 25.8. The number of halogens is 3. The van der Waals surface area contributed by atoms with Gasteiger partial charge >= 0.3 is 18.1 Å². The van der Waals surface area contributed by atoms with E-state index in [2.05, 4.69) is 11.7 Å². The summed E-state index contributed by atoms with van der Waals surface area (Å²) in [6, 6.07) is -1.45. The lowest BCUT2D eigenvalue weighted by atomic mass is 10.1. The minimum absolute atomic E-state index is 0.136. The Morgan fingerprint density at radius 2 is 1.53 bits per heavy atom. The minimum atomic E-state index is -5.09. The Kier molecular flexibility index (Phi) is 19.3. The predicted octanol–water partition coefficient (Wildman–Crippen LogP) is 6.34. The number of ether oxygens (including phenoxy) is 1. The molecule has 0 bridgehead atoms. The Morgan fingerprint density at radius 3 is 2.03 bits per heavy atom. The summed E-state index contributed by atoms with van der Waals surface area (Å²) in [5.41, 5.74) is 0.